The van der Waals surface area contributed by atoms with Crippen molar-refractivity contribution in [2.45, 2.75) is 30.0 Å². The van der Waals surface area contributed by atoms with Crippen molar-refractivity contribution in [2.24, 2.45) is 5.92 Å². The fourth-order valence-corrected chi connectivity index (χ4v) is 5.05. The molecule has 5 nitrogen and oxygen atoms in total. The molecule has 0 aromatic carbocycles. The molecule has 2 N–H and O–H groups in total. The SMILES string of the molecule is CNCc1ccc(S(=O)(=O)NCCC2CCN(C)CC2)s1. The first-order valence-electron chi connectivity index (χ1n) is 7.43. The van der Waals surface area contributed by atoms with Gasteiger partial charge < -0.3 is 10.2 Å². The third kappa shape index (κ3) is 5.03. The van der Waals surface area contributed by atoms with Gasteiger partial charge in [0.2, 0.25) is 10.0 Å². The number of sulfonamides is 1. The quantitative estimate of drug-likeness (QED) is 0.794. The van der Waals surface area contributed by atoms with Crippen LogP contribution >= 0.6 is 11.3 Å². The van der Waals surface area contributed by atoms with E-state index in [9.17, 15) is 8.42 Å². The topological polar surface area (TPSA) is 61.4 Å². The summed E-state index contributed by atoms with van der Waals surface area (Å²) in [6.45, 7) is 3.48. The van der Waals surface area contributed by atoms with Crippen LogP contribution in [0.4, 0.5) is 0 Å². The van der Waals surface area contributed by atoms with Gasteiger partial charge in [-0.15, -0.1) is 11.3 Å². The molecule has 1 aromatic rings. The summed E-state index contributed by atoms with van der Waals surface area (Å²) >= 11 is 1.33. The van der Waals surface area contributed by atoms with E-state index < -0.39 is 10.0 Å². The zero-order chi connectivity index (χ0) is 15.3. The van der Waals surface area contributed by atoms with Crippen LogP contribution in [0.2, 0.25) is 0 Å². The Kier molecular flexibility index (Phi) is 6.19. The molecule has 2 heterocycles. The van der Waals surface area contributed by atoms with Crippen LogP contribution in [0.5, 0.6) is 0 Å². The molecular weight excluding hydrogens is 306 g/mol. The molecule has 21 heavy (non-hydrogen) atoms. The van der Waals surface area contributed by atoms with Crippen molar-refractivity contribution in [3.8, 4) is 0 Å². The lowest BCUT2D eigenvalue weighted by Crippen LogP contribution is -2.32. The minimum atomic E-state index is -3.34. The molecule has 120 valence electrons. The highest BCUT2D eigenvalue weighted by Crippen LogP contribution is 2.22. The fourth-order valence-electron chi connectivity index (χ4n) is 2.59. The Morgan fingerprint density at radius 3 is 2.71 bits per heavy atom. The van der Waals surface area contributed by atoms with Crippen LogP contribution in [-0.4, -0.2) is 47.0 Å². The third-order valence-electron chi connectivity index (χ3n) is 3.94. The van der Waals surface area contributed by atoms with Gasteiger partial charge in [-0.3, -0.25) is 0 Å². The minimum Gasteiger partial charge on any atom is -0.315 e. The highest BCUT2D eigenvalue weighted by molar-refractivity contribution is 7.91. The van der Waals surface area contributed by atoms with E-state index in [2.05, 4.69) is 22.0 Å². The smallest absolute Gasteiger partial charge is 0.250 e. The molecule has 1 saturated heterocycles. The monoisotopic (exact) mass is 331 g/mol. The predicted molar refractivity (Wildman–Crippen MR) is 87.1 cm³/mol. The first kappa shape index (κ1) is 16.9. The van der Waals surface area contributed by atoms with E-state index >= 15 is 0 Å². The van der Waals surface area contributed by atoms with Crippen molar-refractivity contribution < 1.29 is 8.42 Å². The van der Waals surface area contributed by atoms with E-state index in [4.69, 9.17) is 0 Å². The molecule has 0 aliphatic carbocycles. The van der Waals surface area contributed by atoms with Crippen LogP contribution < -0.4 is 10.0 Å². The highest BCUT2D eigenvalue weighted by atomic mass is 32.2. The lowest BCUT2D eigenvalue weighted by molar-refractivity contribution is 0.213. The molecule has 1 aliphatic rings. The van der Waals surface area contributed by atoms with E-state index in [1.165, 1.54) is 24.2 Å². The Hall–Kier alpha value is -0.470. The molecule has 0 bridgehead atoms. The van der Waals surface area contributed by atoms with E-state index in [1.54, 1.807) is 6.07 Å². The second kappa shape index (κ2) is 7.69. The van der Waals surface area contributed by atoms with Crippen molar-refractivity contribution in [1.29, 1.82) is 0 Å². The van der Waals surface area contributed by atoms with Gasteiger partial charge in [0.05, 0.1) is 0 Å². The Labute approximate surface area is 131 Å². The number of hydrogen-bond donors (Lipinski definition) is 2. The maximum atomic E-state index is 12.2. The number of piperidine rings is 1. The molecule has 1 aromatic heterocycles. The third-order valence-corrected chi connectivity index (χ3v) is 6.97. The number of hydrogen-bond acceptors (Lipinski definition) is 5. The average Bonchev–Trinajstić information content (AvgIpc) is 2.91. The van der Waals surface area contributed by atoms with Crippen molar-refractivity contribution in [3.05, 3.63) is 17.0 Å². The van der Waals surface area contributed by atoms with Gasteiger partial charge >= 0.3 is 0 Å². The van der Waals surface area contributed by atoms with Crippen LogP contribution in [0.3, 0.4) is 0 Å². The number of likely N-dealkylation sites (tertiary alicyclic amines) is 1. The minimum absolute atomic E-state index is 0.413. The summed E-state index contributed by atoms with van der Waals surface area (Å²) in [7, 11) is 0.653. The first-order chi connectivity index (χ1) is 10.0. The van der Waals surface area contributed by atoms with Crippen LogP contribution in [-0.2, 0) is 16.6 Å². The Bertz CT molecular complexity index is 534. The zero-order valence-corrected chi connectivity index (χ0v) is 14.4. The van der Waals surface area contributed by atoms with Gasteiger partial charge in [-0.2, -0.15) is 0 Å². The van der Waals surface area contributed by atoms with E-state index in [0.717, 1.165) is 24.4 Å². The largest absolute Gasteiger partial charge is 0.315 e. The van der Waals surface area contributed by atoms with Gasteiger partial charge in [0.25, 0.3) is 0 Å². The normalized spacial score (nSPS) is 18.2. The van der Waals surface area contributed by atoms with Gasteiger partial charge in [-0.25, -0.2) is 13.1 Å². The molecule has 7 heteroatoms. The number of nitrogens with zero attached hydrogens (tertiary/aromatic N) is 1. The number of thiophene rings is 1. The lowest BCUT2D eigenvalue weighted by atomic mass is 9.94. The summed E-state index contributed by atoms with van der Waals surface area (Å²) in [5, 5.41) is 3.03. The van der Waals surface area contributed by atoms with E-state index in [1.807, 2.05) is 13.1 Å². The molecule has 0 spiro atoms. The summed E-state index contributed by atoms with van der Waals surface area (Å²) in [6.07, 6.45) is 3.27. The number of nitrogens with one attached hydrogen (secondary N) is 2. The van der Waals surface area contributed by atoms with Gasteiger partial charge in [-0.1, -0.05) is 0 Å². The van der Waals surface area contributed by atoms with Crippen molar-refractivity contribution in [3.63, 3.8) is 0 Å². The van der Waals surface area contributed by atoms with Crippen LogP contribution in [0.25, 0.3) is 0 Å². The molecular formula is C14H25N3O2S2. The molecule has 1 aliphatic heterocycles. The van der Waals surface area contributed by atoms with Crippen LogP contribution in [0, 0.1) is 5.92 Å². The summed E-state index contributed by atoms with van der Waals surface area (Å²) in [5.41, 5.74) is 0. The second-order valence-electron chi connectivity index (χ2n) is 5.68. The van der Waals surface area contributed by atoms with Crippen molar-refractivity contribution in [2.75, 3.05) is 33.7 Å². The summed E-state index contributed by atoms with van der Waals surface area (Å²) in [6, 6.07) is 3.56. The van der Waals surface area contributed by atoms with Crippen LogP contribution in [0.15, 0.2) is 16.3 Å². The summed E-state index contributed by atoms with van der Waals surface area (Å²) in [4.78, 5) is 3.36. The summed E-state index contributed by atoms with van der Waals surface area (Å²) in [5.74, 6) is 0.645. The second-order valence-corrected chi connectivity index (χ2v) is 8.85. The van der Waals surface area contributed by atoms with Gasteiger partial charge in [0, 0.05) is 18.0 Å². The molecule has 2 rings (SSSR count). The van der Waals surface area contributed by atoms with Gasteiger partial charge in [0.1, 0.15) is 4.21 Å². The van der Waals surface area contributed by atoms with E-state index in [0.29, 0.717) is 23.2 Å². The predicted octanol–water partition coefficient (Wildman–Crippen LogP) is 1.48. The maximum absolute atomic E-state index is 12.2. The van der Waals surface area contributed by atoms with Crippen molar-refractivity contribution >= 4 is 21.4 Å². The lowest BCUT2D eigenvalue weighted by Gasteiger charge is -2.28. The number of rotatable bonds is 7. The zero-order valence-electron chi connectivity index (χ0n) is 12.8. The fraction of sp³-hybridized carbons (Fsp3) is 0.714. The Morgan fingerprint density at radius 2 is 2.05 bits per heavy atom. The average molecular weight is 332 g/mol. The van der Waals surface area contributed by atoms with Crippen molar-refractivity contribution in [1.82, 2.24) is 14.9 Å². The van der Waals surface area contributed by atoms with Gasteiger partial charge in [0.15, 0.2) is 0 Å². The molecule has 0 saturated carbocycles. The molecule has 0 atom stereocenters. The van der Waals surface area contributed by atoms with E-state index in [-0.39, 0.29) is 0 Å². The molecule has 0 radical (unpaired) electrons. The Balaban J connectivity index is 1.80. The molecule has 1 fully saturated rings. The summed E-state index contributed by atoms with van der Waals surface area (Å²) < 4.78 is 27.6. The highest BCUT2D eigenvalue weighted by Gasteiger charge is 2.19. The Morgan fingerprint density at radius 1 is 1.33 bits per heavy atom. The van der Waals surface area contributed by atoms with Crippen LogP contribution in [0.1, 0.15) is 24.1 Å². The standard InChI is InChI=1S/C14H25N3O2S2/c1-15-11-13-3-4-14(20-13)21(18,19)16-8-5-12-6-9-17(2)10-7-12/h3-4,12,15-16H,5-11H2,1-2H3. The molecule has 0 amide bonds. The maximum Gasteiger partial charge on any atom is 0.250 e. The molecule has 0 unspecified atom stereocenters. The first-order valence-corrected chi connectivity index (χ1v) is 9.73. The van der Waals surface area contributed by atoms with Gasteiger partial charge in [-0.05, 0) is 64.5 Å².